The molecule has 2 aromatic carbocycles. The number of aromatic nitrogens is 5. The second-order valence-corrected chi connectivity index (χ2v) is 9.54. The van der Waals surface area contributed by atoms with Gasteiger partial charge in [-0.3, -0.25) is 19.1 Å². The summed E-state index contributed by atoms with van der Waals surface area (Å²) < 4.78 is 3.08. The molecule has 0 aliphatic heterocycles. The van der Waals surface area contributed by atoms with Crippen LogP contribution in [0.5, 0.6) is 0 Å². The van der Waals surface area contributed by atoms with Crippen molar-refractivity contribution in [3.63, 3.8) is 0 Å². The predicted octanol–water partition coefficient (Wildman–Crippen LogP) is 4.21. The van der Waals surface area contributed by atoms with Crippen LogP contribution in [0.15, 0.2) is 96.2 Å². The molecule has 1 atom stereocenters. The monoisotopic (exact) mass is 539 g/mol. The van der Waals surface area contributed by atoms with E-state index >= 15 is 0 Å². The van der Waals surface area contributed by atoms with E-state index in [0.29, 0.717) is 33.4 Å². The van der Waals surface area contributed by atoms with E-state index in [1.807, 2.05) is 80.6 Å². The maximum absolute atomic E-state index is 14.2. The molecule has 6 rings (SSSR count). The highest BCUT2D eigenvalue weighted by Crippen LogP contribution is 2.24. The van der Waals surface area contributed by atoms with Gasteiger partial charge < -0.3 is 11.1 Å². The van der Waals surface area contributed by atoms with Crippen LogP contribution >= 0.6 is 0 Å². The standard InChI is InChI=1S/C32H25N7O2/c1-20-22(11-7-16-34-20)14-15-23-9-6-10-24-19-26(39(32(41)27(23)24)25-12-4-3-5-13-25)21(2)36-31(40)28-29(33)37-38-18-8-17-35-30(28)38/h3-13,16-19,21H,1-2H3,(H2,33,37)(H,36,40). The summed E-state index contributed by atoms with van der Waals surface area (Å²) in [5.41, 5.74) is 9.84. The highest BCUT2D eigenvalue weighted by molar-refractivity contribution is 6.04. The summed E-state index contributed by atoms with van der Waals surface area (Å²) in [7, 11) is 0. The highest BCUT2D eigenvalue weighted by Gasteiger charge is 2.24. The molecule has 41 heavy (non-hydrogen) atoms. The molecule has 0 aliphatic rings. The van der Waals surface area contributed by atoms with Gasteiger partial charge in [0.2, 0.25) is 0 Å². The summed E-state index contributed by atoms with van der Waals surface area (Å²) in [5, 5.41) is 8.38. The van der Waals surface area contributed by atoms with Crippen LogP contribution < -0.4 is 16.6 Å². The van der Waals surface area contributed by atoms with Crippen LogP contribution in [0, 0.1) is 18.8 Å². The number of benzene rings is 2. The van der Waals surface area contributed by atoms with Crippen molar-refractivity contribution < 1.29 is 4.79 Å². The molecule has 3 N–H and O–H groups in total. The molecule has 0 radical (unpaired) electrons. The average Bonchev–Trinajstić information content (AvgIpc) is 3.32. The van der Waals surface area contributed by atoms with E-state index in [1.165, 1.54) is 4.52 Å². The van der Waals surface area contributed by atoms with Crippen molar-refractivity contribution in [1.29, 1.82) is 0 Å². The number of nitrogen functional groups attached to an aromatic ring is 1. The minimum Gasteiger partial charge on any atom is -0.381 e. The predicted molar refractivity (Wildman–Crippen MR) is 158 cm³/mol. The van der Waals surface area contributed by atoms with E-state index in [0.717, 1.165) is 11.3 Å². The maximum Gasteiger partial charge on any atom is 0.264 e. The van der Waals surface area contributed by atoms with Gasteiger partial charge in [0.1, 0.15) is 5.56 Å². The van der Waals surface area contributed by atoms with Crippen LogP contribution in [0.1, 0.15) is 45.8 Å². The Bertz CT molecular complexity index is 2070. The zero-order chi connectivity index (χ0) is 28.5. The molecule has 0 spiro atoms. The number of carbonyl (C=O) groups excluding carboxylic acids is 1. The number of carbonyl (C=O) groups is 1. The Hall–Kier alpha value is -5.75. The van der Waals surface area contributed by atoms with Gasteiger partial charge in [0.25, 0.3) is 11.5 Å². The summed E-state index contributed by atoms with van der Waals surface area (Å²) in [5.74, 6) is 5.97. The molecule has 4 aromatic heterocycles. The van der Waals surface area contributed by atoms with Crippen molar-refractivity contribution in [1.82, 2.24) is 29.5 Å². The van der Waals surface area contributed by atoms with Crippen molar-refractivity contribution in [3.8, 4) is 17.5 Å². The average molecular weight is 540 g/mol. The number of para-hydroxylation sites is 1. The first-order valence-corrected chi connectivity index (χ1v) is 13.0. The second-order valence-electron chi connectivity index (χ2n) is 9.54. The lowest BCUT2D eigenvalue weighted by Gasteiger charge is -2.21. The van der Waals surface area contributed by atoms with Crippen molar-refractivity contribution in [2.45, 2.75) is 19.9 Å². The van der Waals surface area contributed by atoms with Crippen molar-refractivity contribution in [2.75, 3.05) is 5.73 Å². The van der Waals surface area contributed by atoms with Crippen LogP contribution in [0.25, 0.3) is 22.1 Å². The number of anilines is 1. The van der Waals surface area contributed by atoms with E-state index in [2.05, 4.69) is 32.2 Å². The van der Waals surface area contributed by atoms with E-state index in [-0.39, 0.29) is 16.9 Å². The number of hydrogen-bond donors (Lipinski definition) is 2. The molecule has 0 aliphatic carbocycles. The van der Waals surface area contributed by atoms with Crippen LogP contribution in [0.2, 0.25) is 0 Å². The Morgan fingerprint density at radius 3 is 2.51 bits per heavy atom. The molecule has 0 fully saturated rings. The van der Waals surface area contributed by atoms with Gasteiger partial charge >= 0.3 is 0 Å². The van der Waals surface area contributed by atoms with Crippen LogP contribution in [0.3, 0.4) is 0 Å². The fraction of sp³-hybridized carbons (Fsp3) is 0.0938. The first kappa shape index (κ1) is 25.5. The Kier molecular flexibility index (Phi) is 6.49. The molecule has 9 heteroatoms. The lowest BCUT2D eigenvalue weighted by Crippen LogP contribution is -2.32. The largest absolute Gasteiger partial charge is 0.381 e. The van der Waals surface area contributed by atoms with Gasteiger partial charge in [-0.05, 0) is 61.7 Å². The Morgan fingerprint density at radius 1 is 0.951 bits per heavy atom. The molecule has 0 bridgehead atoms. The van der Waals surface area contributed by atoms with Gasteiger partial charge in [-0.25, -0.2) is 9.50 Å². The van der Waals surface area contributed by atoms with Gasteiger partial charge in [0.15, 0.2) is 11.5 Å². The normalized spacial score (nSPS) is 11.7. The highest BCUT2D eigenvalue weighted by atomic mass is 16.2. The first-order chi connectivity index (χ1) is 19.9. The molecule has 1 amide bonds. The van der Waals surface area contributed by atoms with Crippen molar-refractivity contribution in [3.05, 3.63) is 130 Å². The zero-order valence-electron chi connectivity index (χ0n) is 22.4. The second kappa shape index (κ2) is 10.4. The van der Waals surface area contributed by atoms with Crippen molar-refractivity contribution in [2.24, 2.45) is 0 Å². The third kappa shape index (κ3) is 4.68. The number of nitrogens with two attached hydrogens (primary N) is 1. The number of fused-ring (bicyclic) bond motifs is 2. The molecule has 6 aromatic rings. The number of rotatable bonds is 4. The minimum absolute atomic E-state index is 0.0689. The third-order valence-electron chi connectivity index (χ3n) is 6.87. The molecule has 0 saturated heterocycles. The fourth-order valence-electron chi connectivity index (χ4n) is 4.86. The van der Waals surface area contributed by atoms with Crippen LogP contribution in [0.4, 0.5) is 5.82 Å². The van der Waals surface area contributed by atoms with Gasteiger partial charge in [-0.1, -0.05) is 42.2 Å². The number of hydrogen-bond acceptors (Lipinski definition) is 6. The molecule has 200 valence electrons. The molecule has 0 saturated carbocycles. The Balaban J connectivity index is 1.48. The zero-order valence-corrected chi connectivity index (χ0v) is 22.4. The molecular weight excluding hydrogens is 514 g/mol. The smallest absolute Gasteiger partial charge is 0.264 e. The SMILES string of the molecule is Cc1ncccc1C#Cc1cccc2cc(C(C)NC(=O)c3c(N)nn4cccnc34)n(-c3ccccc3)c(=O)c12. The topological polar surface area (TPSA) is 120 Å². The van der Waals surface area contributed by atoms with E-state index < -0.39 is 11.9 Å². The summed E-state index contributed by atoms with van der Waals surface area (Å²) >= 11 is 0. The van der Waals surface area contributed by atoms with Crippen molar-refractivity contribution >= 4 is 28.1 Å². The van der Waals surface area contributed by atoms with Gasteiger partial charge in [0, 0.05) is 41.1 Å². The Labute approximate surface area is 235 Å². The van der Waals surface area contributed by atoms with Gasteiger partial charge in [-0.2, -0.15) is 0 Å². The summed E-state index contributed by atoms with van der Waals surface area (Å²) in [6, 6.07) is 21.7. The lowest BCUT2D eigenvalue weighted by atomic mass is 10.0. The minimum atomic E-state index is -0.578. The van der Waals surface area contributed by atoms with Gasteiger partial charge in [0.05, 0.1) is 17.1 Å². The molecular formula is C32H25N7O2. The summed E-state index contributed by atoms with van der Waals surface area (Å²) in [4.78, 5) is 36.2. The number of nitrogens with one attached hydrogen (secondary N) is 1. The van der Waals surface area contributed by atoms with E-state index in [1.54, 1.807) is 29.2 Å². The number of pyridine rings is 2. The third-order valence-corrected chi connectivity index (χ3v) is 6.87. The molecule has 4 heterocycles. The summed E-state index contributed by atoms with van der Waals surface area (Å²) in [6.45, 7) is 3.72. The van der Waals surface area contributed by atoms with E-state index in [9.17, 15) is 9.59 Å². The molecule has 9 nitrogen and oxygen atoms in total. The fourth-order valence-corrected chi connectivity index (χ4v) is 4.86. The van der Waals surface area contributed by atoms with Gasteiger partial charge in [-0.15, -0.1) is 5.10 Å². The Morgan fingerprint density at radius 2 is 1.71 bits per heavy atom. The molecule has 1 unspecified atom stereocenters. The first-order valence-electron chi connectivity index (χ1n) is 13.0. The van der Waals surface area contributed by atoms with Crippen LogP contribution in [-0.4, -0.2) is 30.1 Å². The van der Waals surface area contributed by atoms with Crippen LogP contribution in [-0.2, 0) is 0 Å². The van der Waals surface area contributed by atoms with E-state index in [4.69, 9.17) is 5.73 Å². The quantitative estimate of drug-likeness (QED) is 0.324. The number of nitrogens with zero attached hydrogens (tertiary/aromatic N) is 5. The summed E-state index contributed by atoms with van der Waals surface area (Å²) in [6.07, 6.45) is 4.97. The lowest BCUT2D eigenvalue weighted by molar-refractivity contribution is 0.0941. The number of aryl methyl sites for hydroxylation is 1. The number of amides is 1. The maximum atomic E-state index is 14.2.